The highest BCUT2D eigenvalue weighted by atomic mass is 16.6. The van der Waals surface area contributed by atoms with E-state index >= 15 is 0 Å². The molecular formula is C63H122NO7+. The molecule has 1 fully saturated rings. The lowest BCUT2D eigenvalue weighted by atomic mass is 10.0. The van der Waals surface area contributed by atoms with Crippen molar-refractivity contribution in [1.82, 2.24) is 0 Å². The van der Waals surface area contributed by atoms with Gasteiger partial charge in [0.15, 0.2) is 18.3 Å². The summed E-state index contributed by atoms with van der Waals surface area (Å²) in [7, 11) is 6.20. The molecule has 420 valence electrons. The zero-order valence-corrected chi connectivity index (χ0v) is 48.5. The SMILES string of the molecule is CCCCCCCCCCCCCCCCCC(=O)O[C@H]1[C@@H]([C@@H](C[N+](C)(C)C)OC(=O)CCCCCCCCCCCCCCCCC)OC[C@@H]1OC(=O)CCCCCCCCCCCCCCCCC. The Balaban J connectivity index is 2.61. The van der Waals surface area contributed by atoms with Crippen LogP contribution in [0.25, 0.3) is 0 Å². The summed E-state index contributed by atoms with van der Waals surface area (Å²) < 4.78 is 25.4. The van der Waals surface area contributed by atoms with Crippen LogP contribution >= 0.6 is 0 Å². The maximum absolute atomic E-state index is 13.5. The van der Waals surface area contributed by atoms with Gasteiger partial charge in [0.2, 0.25) is 0 Å². The molecule has 1 heterocycles. The van der Waals surface area contributed by atoms with Crippen molar-refractivity contribution in [3.05, 3.63) is 0 Å². The molecule has 4 atom stereocenters. The molecule has 0 unspecified atom stereocenters. The molecule has 0 radical (unpaired) electrons. The summed E-state index contributed by atoms with van der Waals surface area (Å²) >= 11 is 0. The number of rotatable bonds is 54. The number of ether oxygens (including phenoxy) is 4. The fraction of sp³-hybridized carbons (Fsp3) is 0.952. The van der Waals surface area contributed by atoms with E-state index in [1.807, 2.05) is 0 Å². The number of hydrogen-bond donors (Lipinski definition) is 0. The van der Waals surface area contributed by atoms with E-state index in [9.17, 15) is 14.4 Å². The van der Waals surface area contributed by atoms with Crippen molar-refractivity contribution in [3.8, 4) is 0 Å². The van der Waals surface area contributed by atoms with Crippen molar-refractivity contribution in [3.63, 3.8) is 0 Å². The number of likely N-dealkylation sites (N-methyl/N-ethyl adjacent to an activating group) is 1. The fourth-order valence-electron chi connectivity index (χ4n) is 10.5. The number of quaternary nitrogens is 1. The summed E-state index contributed by atoms with van der Waals surface area (Å²) in [6, 6.07) is 0. The van der Waals surface area contributed by atoms with Gasteiger partial charge in [0.1, 0.15) is 12.6 Å². The molecule has 0 spiro atoms. The standard InChI is InChI=1S/C63H122NO7/c1-7-10-13-16-19-22-25-28-31-34-37-40-43-46-49-52-59(65)69-57(55-64(4,5)6)62-63(71-61(67)54-51-48-45-42-39-36-33-30-27-24-21-18-15-12-9-3)58(56-68-62)70-60(66)53-50-47-44-41-38-35-32-29-26-23-20-17-14-11-8-2/h57-58,62-63H,7-56H2,1-6H3/q+1/t57-,58+,62-,63-/m1/s1. The van der Waals surface area contributed by atoms with Crippen molar-refractivity contribution in [2.75, 3.05) is 34.3 Å². The van der Waals surface area contributed by atoms with Gasteiger partial charge in [0.25, 0.3) is 0 Å². The van der Waals surface area contributed by atoms with Crippen LogP contribution in [-0.2, 0) is 33.3 Å². The first-order chi connectivity index (χ1) is 34.6. The lowest BCUT2D eigenvalue weighted by Gasteiger charge is -2.33. The summed E-state index contributed by atoms with van der Waals surface area (Å²) in [5.74, 6) is -0.805. The average Bonchev–Trinajstić information content (AvgIpc) is 3.72. The Labute approximate surface area is 441 Å². The summed E-state index contributed by atoms with van der Waals surface area (Å²) in [6.07, 6.45) is 55.4. The average molecular weight is 1010 g/mol. The van der Waals surface area contributed by atoms with E-state index in [2.05, 4.69) is 41.9 Å². The molecule has 8 heteroatoms. The normalized spacial score (nSPS) is 16.4. The molecular weight excluding hydrogens is 883 g/mol. The van der Waals surface area contributed by atoms with Crippen LogP contribution in [0.5, 0.6) is 0 Å². The monoisotopic (exact) mass is 1000 g/mol. The van der Waals surface area contributed by atoms with E-state index in [-0.39, 0.29) is 24.5 Å². The van der Waals surface area contributed by atoms with Crippen LogP contribution < -0.4 is 0 Å². The Kier molecular flexibility index (Phi) is 46.7. The molecule has 0 amide bonds. The molecule has 8 nitrogen and oxygen atoms in total. The number of hydrogen-bond acceptors (Lipinski definition) is 7. The third-order valence-corrected chi connectivity index (χ3v) is 15.0. The molecule has 1 aliphatic rings. The zero-order valence-electron chi connectivity index (χ0n) is 48.5. The molecule has 0 aromatic rings. The minimum Gasteiger partial charge on any atom is -0.456 e. The third kappa shape index (κ3) is 43.3. The highest BCUT2D eigenvalue weighted by Crippen LogP contribution is 2.28. The lowest BCUT2D eigenvalue weighted by molar-refractivity contribution is -0.873. The number of nitrogens with zero attached hydrogens (tertiary/aromatic N) is 1. The van der Waals surface area contributed by atoms with Gasteiger partial charge in [-0.15, -0.1) is 0 Å². The first kappa shape index (κ1) is 67.3. The lowest BCUT2D eigenvalue weighted by Crippen LogP contribution is -2.52. The second-order valence-electron chi connectivity index (χ2n) is 23.4. The Morgan fingerprint density at radius 2 is 0.634 bits per heavy atom. The van der Waals surface area contributed by atoms with Crippen molar-refractivity contribution < 1.29 is 37.8 Å². The Morgan fingerprint density at radius 3 is 0.915 bits per heavy atom. The maximum Gasteiger partial charge on any atom is 0.306 e. The van der Waals surface area contributed by atoms with Gasteiger partial charge in [-0.1, -0.05) is 290 Å². The molecule has 0 aromatic carbocycles. The van der Waals surface area contributed by atoms with Crippen molar-refractivity contribution in [1.29, 1.82) is 0 Å². The predicted octanol–water partition coefficient (Wildman–Crippen LogP) is 18.6. The fourth-order valence-corrected chi connectivity index (χ4v) is 10.5. The molecule has 1 aliphatic heterocycles. The van der Waals surface area contributed by atoms with Gasteiger partial charge in [-0.3, -0.25) is 14.4 Å². The molecule has 0 N–H and O–H groups in total. The molecule has 0 bridgehead atoms. The van der Waals surface area contributed by atoms with Gasteiger partial charge in [-0.2, -0.15) is 0 Å². The van der Waals surface area contributed by atoms with Crippen molar-refractivity contribution >= 4 is 17.9 Å². The first-order valence-electron chi connectivity index (χ1n) is 31.6. The van der Waals surface area contributed by atoms with Gasteiger partial charge in [0, 0.05) is 19.3 Å². The van der Waals surface area contributed by atoms with E-state index in [4.69, 9.17) is 18.9 Å². The maximum atomic E-state index is 13.5. The van der Waals surface area contributed by atoms with E-state index in [0.717, 1.165) is 57.8 Å². The number of carbonyl (C=O) groups excluding carboxylic acids is 3. The van der Waals surface area contributed by atoms with Crippen LogP contribution in [0, 0.1) is 0 Å². The third-order valence-electron chi connectivity index (χ3n) is 15.0. The van der Waals surface area contributed by atoms with Gasteiger partial charge < -0.3 is 23.4 Å². The number of carbonyl (C=O) groups is 3. The van der Waals surface area contributed by atoms with Gasteiger partial charge >= 0.3 is 17.9 Å². The van der Waals surface area contributed by atoms with Gasteiger partial charge in [-0.05, 0) is 19.3 Å². The smallest absolute Gasteiger partial charge is 0.306 e. The second-order valence-corrected chi connectivity index (χ2v) is 23.4. The molecule has 71 heavy (non-hydrogen) atoms. The van der Waals surface area contributed by atoms with Crippen LogP contribution in [0.3, 0.4) is 0 Å². The topological polar surface area (TPSA) is 88.1 Å². The highest BCUT2D eigenvalue weighted by Gasteiger charge is 2.49. The zero-order chi connectivity index (χ0) is 51.7. The summed E-state index contributed by atoms with van der Waals surface area (Å²) in [4.78, 5) is 40.2. The van der Waals surface area contributed by atoms with Crippen molar-refractivity contribution in [2.45, 2.75) is 353 Å². The minimum absolute atomic E-state index is 0.121. The first-order valence-corrected chi connectivity index (χ1v) is 31.6. The molecule has 1 rings (SSSR count). The quantitative estimate of drug-likeness (QED) is 0.0260. The van der Waals surface area contributed by atoms with Crippen LogP contribution in [0.2, 0.25) is 0 Å². The number of unbranched alkanes of at least 4 members (excludes halogenated alkanes) is 42. The summed E-state index contributed by atoms with van der Waals surface area (Å²) in [5.41, 5.74) is 0. The Morgan fingerprint density at radius 1 is 0.380 bits per heavy atom. The van der Waals surface area contributed by atoms with E-state index in [0.29, 0.717) is 30.3 Å². The van der Waals surface area contributed by atoms with Crippen LogP contribution in [-0.4, -0.2) is 81.1 Å². The Hall–Kier alpha value is -1.67. The molecule has 1 saturated heterocycles. The Bertz CT molecular complexity index is 1190. The van der Waals surface area contributed by atoms with E-state index in [1.54, 1.807) is 0 Å². The summed E-state index contributed by atoms with van der Waals surface area (Å²) in [5, 5.41) is 0. The van der Waals surface area contributed by atoms with E-state index in [1.165, 1.54) is 231 Å². The van der Waals surface area contributed by atoms with Crippen LogP contribution in [0.4, 0.5) is 0 Å². The number of esters is 3. The van der Waals surface area contributed by atoms with Crippen LogP contribution in [0.15, 0.2) is 0 Å². The minimum atomic E-state index is -0.820. The van der Waals surface area contributed by atoms with Crippen molar-refractivity contribution in [2.24, 2.45) is 0 Å². The summed E-state index contributed by atoms with van der Waals surface area (Å²) in [6.45, 7) is 7.44. The second kappa shape index (κ2) is 49.2. The van der Waals surface area contributed by atoms with Gasteiger partial charge in [-0.25, -0.2) is 0 Å². The highest BCUT2D eigenvalue weighted by molar-refractivity contribution is 5.71. The van der Waals surface area contributed by atoms with E-state index < -0.39 is 24.4 Å². The van der Waals surface area contributed by atoms with Gasteiger partial charge in [0.05, 0.1) is 27.7 Å². The largest absolute Gasteiger partial charge is 0.456 e. The predicted molar refractivity (Wildman–Crippen MR) is 301 cm³/mol. The molecule has 0 aliphatic carbocycles. The van der Waals surface area contributed by atoms with Crippen LogP contribution in [0.1, 0.15) is 329 Å². The molecule has 0 aromatic heterocycles. The molecule has 0 saturated carbocycles.